The van der Waals surface area contributed by atoms with Crippen LogP contribution in [0.2, 0.25) is 0 Å². The Balaban J connectivity index is 1.74. The Morgan fingerprint density at radius 3 is 2.80 bits per heavy atom. The fourth-order valence-corrected chi connectivity index (χ4v) is 4.19. The summed E-state index contributed by atoms with van der Waals surface area (Å²) in [7, 11) is 0. The number of carbonyl (C=O) groups excluding carboxylic acids is 1. The number of nitrogens with one attached hydrogen (secondary N) is 1. The fourth-order valence-electron chi connectivity index (χ4n) is 3.08. The molecule has 108 valence electrons. The van der Waals surface area contributed by atoms with Gasteiger partial charge in [0.1, 0.15) is 0 Å². The second-order valence-electron chi connectivity index (χ2n) is 5.79. The van der Waals surface area contributed by atoms with Gasteiger partial charge in [-0.15, -0.1) is 11.8 Å². The number of para-hydroxylation sites is 1. The van der Waals surface area contributed by atoms with Crippen molar-refractivity contribution >= 4 is 23.5 Å². The molecular formula is C16H22N2OS. The molecule has 1 unspecified atom stereocenters. The molecule has 1 aromatic rings. The Kier molecular flexibility index (Phi) is 4.20. The molecule has 1 heterocycles. The van der Waals surface area contributed by atoms with E-state index in [-0.39, 0.29) is 6.03 Å². The highest BCUT2D eigenvalue weighted by Gasteiger charge is 2.28. The standard InChI is InChI=1S/C16H22N2OS/c1-12-11-18(14-9-5-6-10-15(14)20-12)16(19)17-13-7-3-2-4-8-13/h5-6,9-10,12-13H,2-4,7-8,11H2,1H3,(H,17,19). The summed E-state index contributed by atoms with van der Waals surface area (Å²) in [5.74, 6) is 0. The number of anilines is 1. The molecule has 2 amide bonds. The van der Waals surface area contributed by atoms with Crippen molar-refractivity contribution in [2.75, 3.05) is 11.4 Å². The van der Waals surface area contributed by atoms with Crippen LogP contribution in [0.4, 0.5) is 10.5 Å². The van der Waals surface area contributed by atoms with Crippen molar-refractivity contribution in [2.24, 2.45) is 0 Å². The summed E-state index contributed by atoms with van der Waals surface area (Å²) in [5, 5.41) is 3.67. The summed E-state index contributed by atoms with van der Waals surface area (Å²) in [5.41, 5.74) is 1.06. The van der Waals surface area contributed by atoms with Crippen LogP contribution in [0.5, 0.6) is 0 Å². The molecule has 1 saturated carbocycles. The average molecular weight is 290 g/mol. The lowest BCUT2D eigenvalue weighted by Gasteiger charge is -2.34. The molecule has 0 radical (unpaired) electrons. The molecule has 1 aliphatic heterocycles. The quantitative estimate of drug-likeness (QED) is 0.847. The molecule has 0 spiro atoms. The molecular weight excluding hydrogens is 268 g/mol. The van der Waals surface area contributed by atoms with E-state index < -0.39 is 0 Å². The zero-order valence-corrected chi connectivity index (χ0v) is 12.8. The highest BCUT2D eigenvalue weighted by molar-refractivity contribution is 8.00. The third-order valence-electron chi connectivity index (χ3n) is 4.10. The maximum Gasteiger partial charge on any atom is 0.322 e. The lowest BCUT2D eigenvalue weighted by atomic mass is 9.96. The van der Waals surface area contributed by atoms with Crippen LogP contribution in [0, 0.1) is 0 Å². The van der Waals surface area contributed by atoms with E-state index >= 15 is 0 Å². The minimum atomic E-state index is 0.0801. The second-order valence-corrected chi connectivity index (χ2v) is 7.27. The number of carbonyl (C=O) groups is 1. The van der Waals surface area contributed by atoms with Crippen LogP contribution < -0.4 is 10.2 Å². The molecule has 20 heavy (non-hydrogen) atoms. The number of rotatable bonds is 1. The van der Waals surface area contributed by atoms with Crippen LogP contribution in [0.1, 0.15) is 39.0 Å². The van der Waals surface area contributed by atoms with E-state index in [1.165, 1.54) is 24.2 Å². The Hall–Kier alpha value is -1.16. The number of urea groups is 1. The SMILES string of the molecule is CC1CN(C(=O)NC2CCCCC2)c2ccccc2S1. The molecule has 1 aromatic carbocycles. The minimum Gasteiger partial charge on any atom is -0.335 e. The van der Waals surface area contributed by atoms with Gasteiger partial charge >= 0.3 is 6.03 Å². The van der Waals surface area contributed by atoms with Crippen molar-refractivity contribution in [1.82, 2.24) is 5.32 Å². The fraction of sp³-hybridized carbons (Fsp3) is 0.562. The summed E-state index contributed by atoms with van der Waals surface area (Å²) in [6.45, 7) is 2.97. The van der Waals surface area contributed by atoms with Gasteiger partial charge in [-0.25, -0.2) is 4.79 Å². The van der Waals surface area contributed by atoms with Gasteiger partial charge in [0.25, 0.3) is 0 Å². The Bertz CT molecular complexity index is 485. The first kappa shape index (κ1) is 13.8. The van der Waals surface area contributed by atoms with Gasteiger partial charge in [0, 0.05) is 22.7 Å². The van der Waals surface area contributed by atoms with Crippen LogP contribution in [-0.4, -0.2) is 23.9 Å². The number of benzene rings is 1. The molecule has 0 saturated heterocycles. The molecule has 2 aliphatic rings. The first-order valence-corrected chi connectivity index (χ1v) is 8.46. The number of hydrogen-bond acceptors (Lipinski definition) is 2. The molecule has 1 aliphatic carbocycles. The van der Waals surface area contributed by atoms with Crippen molar-refractivity contribution in [1.29, 1.82) is 0 Å². The maximum atomic E-state index is 12.6. The topological polar surface area (TPSA) is 32.3 Å². The van der Waals surface area contributed by atoms with Gasteiger partial charge in [-0.1, -0.05) is 38.3 Å². The number of amides is 2. The van der Waals surface area contributed by atoms with E-state index in [4.69, 9.17) is 0 Å². The highest BCUT2D eigenvalue weighted by atomic mass is 32.2. The second kappa shape index (κ2) is 6.08. The zero-order chi connectivity index (χ0) is 13.9. The molecule has 3 nitrogen and oxygen atoms in total. The van der Waals surface area contributed by atoms with Gasteiger partial charge < -0.3 is 5.32 Å². The third kappa shape index (κ3) is 2.95. The Labute approximate surface area is 125 Å². The molecule has 4 heteroatoms. The van der Waals surface area contributed by atoms with Crippen molar-refractivity contribution in [3.8, 4) is 0 Å². The van der Waals surface area contributed by atoms with E-state index in [9.17, 15) is 4.79 Å². The Morgan fingerprint density at radius 2 is 2.00 bits per heavy atom. The van der Waals surface area contributed by atoms with Gasteiger partial charge in [-0.2, -0.15) is 0 Å². The van der Waals surface area contributed by atoms with Gasteiger partial charge in [0.2, 0.25) is 0 Å². The smallest absolute Gasteiger partial charge is 0.322 e. The lowest BCUT2D eigenvalue weighted by molar-refractivity contribution is 0.238. The lowest BCUT2D eigenvalue weighted by Crippen LogP contribution is -2.48. The van der Waals surface area contributed by atoms with Crippen molar-refractivity contribution in [3.63, 3.8) is 0 Å². The van der Waals surface area contributed by atoms with Crippen molar-refractivity contribution < 1.29 is 4.79 Å². The minimum absolute atomic E-state index is 0.0801. The first-order chi connectivity index (χ1) is 9.74. The molecule has 1 atom stereocenters. The van der Waals surface area contributed by atoms with E-state index in [1.54, 1.807) is 0 Å². The molecule has 0 aromatic heterocycles. The highest BCUT2D eigenvalue weighted by Crippen LogP contribution is 2.38. The van der Waals surface area contributed by atoms with Gasteiger partial charge in [0.05, 0.1) is 5.69 Å². The van der Waals surface area contributed by atoms with Crippen LogP contribution in [0.25, 0.3) is 0 Å². The van der Waals surface area contributed by atoms with Crippen LogP contribution in [0.15, 0.2) is 29.2 Å². The Morgan fingerprint density at radius 1 is 1.25 bits per heavy atom. The van der Waals surface area contributed by atoms with Crippen molar-refractivity contribution in [3.05, 3.63) is 24.3 Å². The normalized spacial score (nSPS) is 23.2. The predicted molar refractivity (Wildman–Crippen MR) is 84.5 cm³/mol. The summed E-state index contributed by atoms with van der Waals surface area (Å²) in [4.78, 5) is 15.7. The predicted octanol–water partition coefficient (Wildman–Crippen LogP) is 4.03. The van der Waals surface area contributed by atoms with Gasteiger partial charge in [-0.05, 0) is 25.0 Å². The monoisotopic (exact) mass is 290 g/mol. The molecule has 0 bridgehead atoms. The van der Waals surface area contributed by atoms with Gasteiger partial charge in [0.15, 0.2) is 0 Å². The van der Waals surface area contributed by atoms with Crippen LogP contribution in [-0.2, 0) is 0 Å². The van der Waals surface area contributed by atoms with Crippen LogP contribution >= 0.6 is 11.8 Å². The number of fused-ring (bicyclic) bond motifs is 1. The maximum absolute atomic E-state index is 12.6. The van der Waals surface area contributed by atoms with E-state index in [1.807, 2.05) is 28.8 Å². The third-order valence-corrected chi connectivity index (χ3v) is 5.25. The summed E-state index contributed by atoms with van der Waals surface area (Å²) >= 11 is 1.86. The summed E-state index contributed by atoms with van der Waals surface area (Å²) in [6.07, 6.45) is 6.06. The largest absolute Gasteiger partial charge is 0.335 e. The molecule has 1 N–H and O–H groups in total. The van der Waals surface area contributed by atoms with Crippen LogP contribution in [0.3, 0.4) is 0 Å². The van der Waals surface area contributed by atoms with Crippen molar-refractivity contribution in [2.45, 2.75) is 55.2 Å². The molecule has 1 fully saturated rings. The number of nitrogens with zero attached hydrogens (tertiary/aromatic N) is 1. The number of hydrogen-bond donors (Lipinski definition) is 1. The summed E-state index contributed by atoms with van der Waals surface area (Å²) < 4.78 is 0. The average Bonchev–Trinajstić information content (AvgIpc) is 2.47. The summed E-state index contributed by atoms with van der Waals surface area (Å²) in [6, 6.07) is 8.66. The van der Waals surface area contributed by atoms with Gasteiger partial charge in [-0.3, -0.25) is 4.90 Å². The van der Waals surface area contributed by atoms with E-state index in [2.05, 4.69) is 24.4 Å². The first-order valence-electron chi connectivity index (χ1n) is 7.58. The molecule has 3 rings (SSSR count). The number of thioether (sulfide) groups is 1. The van der Waals surface area contributed by atoms with E-state index in [0.29, 0.717) is 11.3 Å². The zero-order valence-electron chi connectivity index (χ0n) is 12.0. The van der Waals surface area contributed by atoms with E-state index in [0.717, 1.165) is 25.1 Å².